The second kappa shape index (κ2) is 8.43. The minimum atomic E-state index is -0.208. The molecular formula is C17H18N4O3S2. The van der Waals surface area contributed by atoms with Gasteiger partial charge in [-0.1, -0.05) is 23.9 Å². The van der Waals surface area contributed by atoms with Crippen LogP contribution in [0.25, 0.3) is 10.9 Å². The number of amides is 1. The maximum atomic E-state index is 12.7. The van der Waals surface area contributed by atoms with Crippen molar-refractivity contribution in [3.8, 4) is 0 Å². The Hall–Kier alpha value is -2.23. The molecule has 0 aliphatic carbocycles. The number of carbonyl (C=O) groups excluding carboxylic acids is 1. The lowest BCUT2D eigenvalue weighted by molar-refractivity contribution is -0.113. The second-order valence-electron chi connectivity index (χ2n) is 5.58. The van der Waals surface area contributed by atoms with Crippen LogP contribution >= 0.6 is 23.1 Å². The van der Waals surface area contributed by atoms with Crippen molar-refractivity contribution in [1.29, 1.82) is 0 Å². The number of aryl methyl sites for hydroxylation is 1. The van der Waals surface area contributed by atoms with Gasteiger partial charge in [0, 0.05) is 18.5 Å². The van der Waals surface area contributed by atoms with Gasteiger partial charge in [0.25, 0.3) is 5.56 Å². The summed E-state index contributed by atoms with van der Waals surface area (Å²) in [4.78, 5) is 33.6. The first-order valence-electron chi connectivity index (χ1n) is 8.03. The molecule has 3 rings (SSSR count). The Morgan fingerprint density at radius 3 is 2.88 bits per heavy atom. The molecular weight excluding hydrogens is 372 g/mol. The Balaban J connectivity index is 1.81. The molecule has 7 nitrogen and oxygen atoms in total. The van der Waals surface area contributed by atoms with Crippen LogP contribution in [0.4, 0.5) is 5.13 Å². The standard InChI is InChI=1S/C17H18N4O3S2/c1-11-9-25-16(18-11)20-14(23)10-26-17-19-13-6-3-2-5-12(13)15(24)21(17)7-4-8-22/h2-3,5-6,9,22H,4,7-8,10H2,1H3,(H,18,20,23). The molecule has 0 saturated heterocycles. The monoisotopic (exact) mass is 390 g/mol. The van der Waals surface area contributed by atoms with Gasteiger partial charge in [-0.2, -0.15) is 0 Å². The van der Waals surface area contributed by atoms with E-state index in [4.69, 9.17) is 5.11 Å². The maximum Gasteiger partial charge on any atom is 0.262 e. The van der Waals surface area contributed by atoms with E-state index in [-0.39, 0.29) is 23.8 Å². The van der Waals surface area contributed by atoms with Gasteiger partial charge in [-0.3, -0.25) is 14.2 Å². The highest BCUT2D eigenvalue weighted by molar-refractivity contribution is 7.99. The third-order valence-corrected chi connectivity index (χ3v) is 5.42. The van der Waals surface area contributed by atoms with Crippen LogP contribution in [0.15, 0.2) is 39.6 Å². The molecule has 2 aromatic heterocycles. The lowest BCUT2D eigenvalue weighted by Gasteiger charge is -2.12. The van der Waals surface area contributed by atoms with Crippen LogP contribution < -0.4 is 10.9 Å². The number of carbonyl (C=O) groups is 1. The number of thioether (sulfide) groups is 1. The Labute approximate surface area is 158 Å². The topological polar surface area (TPSA) is 97.1 Å². The molecule has 0 radical (unpaired) electrons. The van der Waals surface area contributed by atoms with Crippen molar-refractivity contribution < 1.29 is 9.90 Å². The van der Waals surface area contributed by atoms with E-state index in [1.807, 2.05) is 18.4 Å². The molecule has 26 heavy (non-hydrogen) atoms. The van der Waals surface area contributed by atoms with E-state index in [1.165, 1.54) is 27.7 Å². The first-order valence-corrected chi connectivity index (χ1v) is 9.90. The van der Waals surface area contributed by atoms with E-state index in [1.54, 1.807) is 18.2 Å². The smallest absolute Gasteiger partial charge is 0.262 e. The molecule has 2 N–H and O–H groups in total. The Kier molecular flexibility index (Phi) is 6.02. The molecule has 1 amide bonds. The highest BCUT2D eigenvalue weighted by Crippen LogP contribution is 2.19. The summed E-state index contributed by atoms with van der Waals surface area (Å²) >= 11 is 2.56. The summed E-state index contributed by atoms with van der Waals surface area (Å²) in [6.07, 6.45) is 0.443. The van der Waals surface area contributed by atoms with E-state index in [0.29, 0.717) is 34.2 Å². The van der Waals surface area contributed by atoms with Crippen LogP contribution in [-0.2, 0) is 11.3 Å². The van der Waals surface area contributed by atoms with Crippen molar-refractivity contribution in [3.05, 3.63) is 45.7 Å². The quantitative estimate of drug-likeness (QED) is 0.474. The number of aliphatic hydroxyl groups is 1. The van der Waals surface area contributed by atoms with Crippen molar-refractivity contribution in [3.63, 3.8) is 0 Å². The van der Waals surface area contributed by atoms with Gasteiger partial charge in [-0.15, -0.1) is 11.3 Å². The molecule has 0 saturated carbocycles. The number of nitrogens with one attached hydrogen (secondary N) is 1. The van der Waals surface area contributed by atoms with Gasteiger partial charge >= 0.3 is 0 Å². The Morgan fingerprint density at radius 2 is 2.15 bits per heavy atom. The van der Waals surface area contributed by atoms with Gasteiger partial charge in [0.1, 0.15) is 0 Å². The van der Waals surface area contributed by atoms with Gasteiger partial charge < -0.3 is 10.4 Å². The van der Waals surface area contributed by atoms with Crippen LogP contribution in [0.2, 0.25) is 0 Å². The number of nitrogens with zero attached hydrogens (tertiary/aromatic N) is 3. The molecule has 0 spiro atoms. The van der Waals surface area contributed by atoms with Gasteiger partial charge in [-0.05, 0) is 25.5 Å². The number of fused-ring (bicyclic) bond motifs is 1. The molecule has 0 fully saturated rings. The van der Waals surface area contributed by atoms with Crippen LogP contribution in [0, 0.1) is 6.92 Å². The van der Waals surface area contributed by atoms with Crippen molar-refractivity contribution in [1.82, 2.24) is 14.5 Å². The minimum Gasteiger partial charge on any atom is -0.396 e. The molecule has 3 aromatic rings. The number of benzene rings is 1. The molecule has 1 aromatic carbocycles. The Bertz CT molecular complexity index is 984. The zero-order valence-electron chi connectivity index (χ0n) is 14.1. The van der Waals surface area contributed by atoms with Crippen molar-refractivity contribution >= 4 is 45.0 Å². The molecule has 2 heterocycles. The fourth-order valence-electron chi connectivity index (χ4n) is 2.38. The lowest BCUT2D eigenvalue weighted by atomic mass is 10.2. The first-order chi connectivity index (χ1) is 12.6. The number of rotatable bonds is 7. The van der Waals surface area contributed by atoms with E-state index < -0.39 is 0 Å². The van der Waals surface area contributed by atoms with Gasteiger partial charge in [0.2, 0.25) is 5.91 Å². The number of aromatic nitrogens is 3. The number of aliphatic hydroxyl groups excluding tert-OH is 1. The summed E-state index contributed by atoms with van der Waals surface area (Å²) in [6.45, 7) is 2.19. The van der Waals surface area contributed by atoms with Gasteiger partial charge in [-0.25, -0.2) is 9.97 Å². The van der Waals surface area contributed by atoms with Crippen molar-refractivity contribution in [2.75, 3.05) is 17.7 Å². The predicted octanol–water partition coefficient (Wildman–Crippen LogP) is 2.27. The number of hydrogen-bond donors (Lipinski definition) is 2. The van der Waals surface area contributed by atoms with Crippen molar-refractivity contribution in [2.24, 2.45) is 0 Å². The number of para-hydroxylation sites is 1. The second-order valence-corrected chi connectivity index (χ2v) is 7.38. The molecule has 9 heteroatoms. The van der Waals surface area contributed by atoms with E-state index >= 15 is 0 Å². The van der Waals surface area contributed by atoms with Gasteiger partial charge in [0.05, 0.1) is 22.3 Å². The number of thiazole rings is 1. The summed E-state index contributed by atoms with van der Waals surface area (Å²) in [6, 6.07) is 7.11. The van der Waals surface area contributed by atoms with E-state index in [0.717, 1.165) is 5.69 Å². The van der Waals surface area contributed by atoms with E-state index in [9.17, 15) is 9.59 Å². The fraction of sp³-hybridized carbons (Fsp3) is 0.294. The Morgan fingerprint density at radius 1 is 1.35 bits per heavy atom. The van der Waals surface area contributed by atoms with Gasteiger partial charge in [0.15, 0.2) is 10.3 Å². The molecule has 136 valence electrons. The first kappa shape index (κ1) is 18.6. The molecule has 0 bridgehead atoms. The van der Waals surface area contributed by atoms with E-state index in [2.05, 4.69) is 15.3 Å². The zero-order chi connectivity index (χ0) is 18.5. The average Bonchev–Trinajstić information content (AvgIpc) is 3.04. The largest absolute Gasteiger partial charge is 0.396 e. The maximum absolute atomic E-state index is 12.7. The predicted molar refractivity (Wildman–Crippen MR) is 104 cm³/mol. The third-order valence-electron chi connectivity index (χ3n) is 3.56. The number of anilines is 1. The number of hydrogen-bond acceptors (Lipinski definition) is 7. The molecule has 0 aliphatic heterocycles. The SMILES string of the molecule is Cc1csc(NC(=O)CSc2nc3ccccc3c(=O)n2CCCO)n1. The molecule has 0 aliphatic rings. The van der Waals surface area contributed by atoms with Crippen molar-refractivity contribution in [2.45, 2.75) is 25.0 Å². The molecule has 0 unspecified atom stereocenters. The average molecular weight is 390 g/mol. The summed E-state index contributed by atoms with van der Waals surface area (Å²) in [5, 5.41) is 15.2. The highest BCUT2D eigenvalue weighted by Gasteiger charge is 2.13. The summed E-state index contributed by atoms with van der Waals surface area (Å²) in [5.41, 5.74) is 1.28. The van der Waals surface area contributed by atoms with Crippen LogP contribution in [0.3, 0.4) is 0 Å². The lowest BCUT2D eigenvalue weighted by Crippen LogP contribution is -2.24. The normalized spacial score (nSPS) is 11.0. The zero-order valence-corrected chi connectivity index (χ0v) is 15.8. The minimum absolute atomic E-state index is 0.0206. The van der Waals surface area contributed by atoms with Crippen LogP contribution in [-0.4, -0.2) is 37.9 Å². The summed E-state index contributed by atoms with van der Waals surface area (Å²) in [7, 11) is 0. The summed E-state index contributed by atoms with van der Waals surface area (Å²) < 4.78 is 1.52. The molecule has 0 atom stereocenters. The third kappa shape index (κ3) is 4.29. The van der Waals surface area contributed by atoms with Crippen LogP contribution in [0.1, 0.15) is 12.1 Å². The highest BCUT2D eigenvalue weighted by atomic mass is 32.2. The van der Waals surface area contributed by atoms with Crippen LogP contribution in [0.5, 0.6) is 0 Å². The summed E-state index contributed by atoms with van der Waals surface area (Å²) in [5.74, 6) is -0.0943. The fourth-order valence-corrected chi connectivity index (χ4v) is 3.91.